The third-order valence-electron chi connectivity index (χ3n) is 3.25. The molecule has 12 heavy (non-hydrogen) atoms. The summed E-state index contributed by atoms with van der Waals surface area (Å²) >= 11 is 0. The minimum atomic E-state index is 0.398. The maximum absolute atomic E-state index is 4.21. The van der Waals surface area contributed by atoms with E-state index >= 15 is 0 Å². The molecule has 0 nitrogen and oxygen atoms in total. The number of rotatable bonds is 6. The summed E-state index contributed by atoms with van der Waals surface area (Å²) in [5, 5.41) is 0.398. The Morgan fingerprint density at radius 1 is 1.42 bits per heavy atom. The van der Waals surface area contributed by atoms with Crippen molar-refractivity contribution in [2.24, 2.45) is 0 Å². The number of hydrogen-bond donors (Lipinski definition) is 0. The van der Waals surface area contributed by atoms with Gasteiger partial charge in [0.2, 0.25) is 0 Å². The molecule has 1 heteroatoms. The monoisotopic (exact) mass is 166 g/mol. The lowest BCUT2D eigenvalue weighted by atomic mass is 9.50. The van der Waals surface area contributed by atoms with E-state index in [1.807, 2.05) is 0 Å². The first-order valence-electron chi connectivity index (χ1n) is 5.29. The lowest BCUT2D eigenvalue weighted by molar-refractivity contribution is 0.624. The van der Waals surface area contributed by atoms with Gasteiger partial charge >= 0.3 is 0 Å². The highest BCUT2D eigenvalue weighted by atomic mass is 14.2. The first-order valence-corrected chi connectivity index (χ1v) is 5.29. The molecule has 0 bridgehead atoms. The Labute approximate surface area is 78.7 Å². The predicted molar refractivity (Wildman–Crippen MR) is 60.3 cm³/mol. The fraction of sp³-hybridized carbons (Fsp3) is 0.818. The third kappa shape index (κ3) is 3.04. The highest BCUT2D eigenvalue weighted by Crippen LogP contribution is 2.38. The molecule has 0 spiro atoms. The van der Waals surface area contributed by atoms with E-state index in [1.165, 1.54) is 38.5 Å². The van der Waals surface area contributed by atoms with Gasteiger partial charge < -0.3 is 0 Å². The van der Waals surface area contributed by atoms with Gasteiger partial charge in [0.1, 0.15) is 7.28 Å². The first kappa shape index (κ1) is 11.8. The highest BCUT2D eigenvalue weighted by Gasteiger charge is 2.23. The Balaban J connectivity index is 4.03. The van der Waals surface area contributed by atoms with Crippen LogP contribution in [0.15, 0.2) is 12.2 Å². The van der Waals surface area contributed by atoms with Crippen LogP contribution in [0.5, 0.6) is 0 Å². The van der Waals surface area contributed by atoms with Crippen molar-refractivity contribution in [1.29, 1.82) is 0 Å². The summed E-state index contributed by atoms with van der Waals surface area (Å²) in [4.78, 5) is 0. The molecule has 0 amide bonds. The quantitative estimate of drug-likeness (QED) is 0.415. The van der Waals surface area contributed by atoms with Crippen LogP contribution in [0.2, 0.25) is 12.1 Å². The fourth-order valence-electron chi connectivity index (χ4n) is 1.44. The summed E-state index contributed by atoms with van der Waals surface area (Å²) in [6.45, 7) is 13.3. The van der Waals surface area contributed by atoms with E-state index in [9.17, 15) is 0 Å². The molecule has 0 aliphatic carbocycles. The van der Waals surface area contributed by atoms with Crippen LogP contribution < -0.4 is 0 Å². The van der Waals surface area contributed by atoms with Crippen molar-refractivity contribution in [2.45, 2.75) is 58.6 Å². The van der Waals surface area contributed by atoms with Crippen LogP contribution in [0.4, 0.5) is 0 Å². The number of allylic oxidation sites excluding steroid dienone is 1. The Hall–Kier alpha value is -0.195. The van der Waals surface area contributed by atoms with E-state index in [-0.39, 0.29) is 0 Å². The second kappa shape index (κ2) is 5.45. The summed E-state index contributed by atoms with van der Waals surface area (Å²) in [5.74, 6) is 0. The van der Waals surface area contributed by atoms with E-state index in [2.05, 4.69) is 34.2 Å². The maximum atomic E-state index is 4.21. The molecular weight excluding hydrogens is 143 g/mol. The zero-order valence-electron chi connectivity index (χ0n) is 9.24. The summed E-state index contributed by atoms with van der Waals surface area (Å²) in [6, 6.07) is 0. The topological polar surface area (TPSA) is 0 Å². The van der Waals surface area contributed by atoms with Crippen molar-refractivity contribution in [2.75, 3.05) is 0 Å². The van der Waals surface area contributed by atoms with E-state index in [0.29, 0.717) is 5.31 Å². The summed E-state index contributed by atoms with van der Waals surface area (Å²) in [7, 11) is 1.23. The second-order valence-electron chi connectivity index (χ2n) is 3.97. The lowest BCUT2D eigenvalue weighted by Crippen LogP contribution is -2.15. The molecule has 1 atom stereocenters. The van der Waals surface area contributed by atoms with Crippen molar-refractivity contribution >= 4 is 7.28 Å². The first-order chi connectivity index (χ1) is 5.60. The van der Waals surface area contributed by atoms with Gasteiger partial charge in [-0.1, -0.05) is 46.0 Å². The van der Waals surface area contributed by atoms with Gasteiger partial charge in [-0.15, -0.1) is 6.58 Å². The number of unbranched alkanes of at least 4 members (excludes halogenated alkanes) is 1. The van der Waals surface area contributed by atoms with Crippen molar-refractivity contribution in [3.63, 3.8) is 0 Å². The van der Waals surface area contributed by atoms with E-state index < -0.39 is 0 Å². The molecule has 0 rings (SSSR count). The minimum absolute atomic E-state index is 0.398. The van der Waals surface area contributed by atoms with Gasteiger partial charge in [0.15, 0.2) is 0 Å². The molecule has 0 aliphatic rings. The van der Waals surface area contributed by atoms with Gasteiger partial charge in [-0.05, 0) is 18.2 Å². The van der Waals surface area contributed by atoms with Crippen LogP contribution in [-0.4, -0.2) is 7.28 Å². The van der Waals surface area contributed by atoms with Gasteiger partial charge in [0.05, 0.1) is 0 Å². The van der Waals surface area contributed by atoms with Crippen LogP contribution in [0.1, 0.15) is 46.5 Å². The molecular formula is C11H23B. The van der Waals surface area contributed by atoms with Crippen LogP contribution in [-0.2, 0) is 0 Å². The van der Waals surface area contributed by atoms with E-state index in [4.69, 9.17) is 0 Å². The standard InChI is InChI=1S/C11H23B/c1-6-8-9-10(3)11(4,7-2)12-5/h12H,3,6-9H2,1-2,4-5H3. The molecule has 0 aromatic rings. The van der Waals surface area contributed by atoms with Gasteiger partial charge in [-0.3, -0.25) is 0 Å². The molecule has 0 aliphatic heterocycles. The summed E-state index contributed by atoms with van der Waals surface area (Å²) < 4.78 is 0. The molecule has 0 aromatic carbocycles. The van der Waals surface area contributed by atoms with Crippen molar-refractivity contribution in [3.8, 4) is 0 Å². The molecule has 0 radical (unpaired) electrons. The summed E-state index contributed by atoms with van der Waals surface area (Å²) in [6.07, 6.45) is 5.03. The summed E-state index contributed by atoms with van der Waals surface area (Å²) in [5.41, 5.74) is 1.45. The molecule has 0 saturated heterocycles. The lowest BCUT2D eigenvalue weighted by Gasteiger charge is -2.28. The average Bonchev–Trinajstić information content (AvgIpc) is 2.12. The van der Waals surface area contributed by atoms with Crippen molar-refractivity contribution in [1.82, 2.24) is 0 Å². The Bertz CT molecular complexity index is 134. The predicted octanol–water partition coefficient (Wildman–Crippen LogP) is 3.81. The molecule has 0 heterocycles. The zero-order valence-corrected chi connectivity index (χ0v) is 9.24. The SMILES string of the molecule is C=C(CCCC)C(C)(BC)CC. The van der Waals surface area contributed by atoms with Crippen molar-refractivity contribution in [3.05, 3.63) is 12.2 Å². The molecule has 0 saturated carbocycles. The fourth-order valence-corrected chi connectivity index (χ4v) is 1.44. The van der Waals surface area contributed by atoms with Gasteiger partial charge in [0, 0.05) is 0 Å². The largest absolute Gasteiger partial charge is 0.129 e. The smallest absolute Gasteiger partial charge is 0.100 e. The van der Waals surface area contributed by atoms with Crippen LogP contribution in [0.25, 0.3) is 0 Å². The maximum Gasteiger partial charge on any atom is 0.129 e. The van der Waals surface area contributed by atoms with Crippen LogP contribution >= 0.6 is 0 Å². The zero-order chi connectivity index (χ0) is 9.61. The Morgan fingerprint density at radius 2 is 2.00 bits per heavy atom. The molecule has 0 aromatic heterocycles. The van der Waals surface area contributed by atoms with Gasteiger partial charge in [-0.25, -0.2) is 0 Å². The van der Waals surface area contributed by atoms with E-state index in [0.717, 1.165) is 0 Å². The molecule has 0 N–H and O–H groups in total. The van der Waals surface area contributed by atoms with E-state index in [1.54, 1.807) is 0 Å². The number of hydrogen-bond acceptors (Lipinski definition) is 0. The van der Waals surface area contributed by atoms with Crippen LogP contribution in [0.3, 0.4) is 0 Å². The minimum Gasteiger partial charge on any atom is -0.100 e. The normalized spacial score (nSPS) is 15.3. The Morgan fingerprint density at radius 3 is 2.33 bits per heavy atom. The van der Waals surface area contributed by atoms with Crippen LogP contribution in [0, 0.1) is 0 Å². The molecule has 70 valence electrons. The average molecular weight is 166 g/mol. The molecule has 0 fully saturated rings. The van der Waals surface area contributed by atoms with Gasteiger partial charge in [-0.2, -0.15) is 0 Å². The van der Waals surface area contributed by atoms with Crippen molar-refractivity contribution < 1.29 is 0 Å². The second-order valence-corrected chi connectivity index (χ2v) is 3.97. The Kier molecular flexibility index (Phi) is 5.36. The van der Waals surface area contributed by atoms with Gasteiger partial charge in [0.25, 0.3) is 0 Å². The molecule has 1 unspecified atom stereocenters. The highest BCUT2D eigenvalue weighted by molar-refractivity contribution is 6.39. The third-order valence-corrected chi connectivity index (χ3v) is 3.25.